The van der Waals surface area contributed by atoms with Gasteiger partial charge in [0.2, 0.25) is 0 Å². The molecule has 0 bridgehead atoms. The fraction of sp³-hybridized carbons (Fsp3) is 0.389. The van der Waals surface area contributed by atoms with Crippen LogP contribution in [0.15, 0.2) is 24.4 Å². The van der Waals surface area contributed by atoms with Crippen molar-refractivity contribution in [2.24, 2.45) is 5.73 Å². The molecule has 136 valence electrons. The van der Waals surface area contributed by atoms with E-state index >= 15 is 0 Å². The summed E-state index contributed by atoms with van der Waals surface area (Å²) in [4.78, 5) is 18.3. The predicted molar refractivity (Wildman–Crippen MR) is 103 cm³/mol. The molecule has 2 aromatic rings. The first-order valence-corrected chi connectivity index (χ1v) is 8.94. The number of carbonyl (C=O) groups excluding carboxylic acids is 1. The number of carbonyl (C=O) groups is 1. The second-order valence-corrected chi connectivity index (χ2v) is 7.27. The molecule has 2 fully saturated rings. The fourth-order valence-corrected chi connectivity index (χ4v) is 3.67. The zero-order valence-electron chi connectivity index (χ0n) is 14.6. The second kappa shape index (κ2) is 6.28. The minimum Gasteiger partial charge on any atom is -0.490 e. The quantitative estimate of drug-likeness (QED) is 0.793. The Morgan fingerprint density at radius 3 is 2.96 bits per heavy atom. The van der Waals surface area contributed by atoms with Crippen LogP contribution in [-0.2, 0) is 4.74 Å². The number of hydrogen-bond donors (Lipinski definition) is 2. The van der Waals surface area contributed by atoms with Crippen LogP contribution in [-0.4, -0.2) is 47.4 Å². The van der Waals surface area contributed by atoms with E-state index in [4.69, 9.17) is 27.4 Å². The molecule has 2 aliphatic heterocycles. The number of rotatable bonds is 4. The zero-order valence-corrected chi connectivity index (χ0v) is 15.4. The molecule has 0 saturated carbocycles. The third-order valence-electron chi connectivity index (χ3n) is 4.60. The lowest BCUT2D eigenvalue weighted by molar-refractivity contribution is 0.144. The van der Waals surface area contributed by atoms with E-state index in [0.717, 1.165) is 16.6 Å². The molecule has 1 amide bonds. The standard InChI is InChI=1S/C18H20N4O3S/c1-9(2)24-14-6-11-10(5-12(14)16(19)26)3-4-20-17(11)22-7-13-15(8-22)25-18(23)21-13/h3-6,9,13,15H,7-8H2,1-2H3,(H2,19,26)(H,21,23)/t13-,15+/m1/s1. The van der Waals surface area contributed by atoms with E-state index in [9.17, 15) is 4.79 Å². The van der Waals surface area contributed by atoms with Gasteiger partial charge in [0.25, 0.3) is 0 Å². The summed E-state index contributed by atoms with van der Waals surface area (Å²) in [5.74, 6) is 1.48. The lowest BCUT2D eigenvalue weighted by Gasteiger charge is -2.21. The molecule has 3 N–H and O–H groups in total. The van der Waals surface area contributed by atoms with Crippen molar-refractivity contribution in [1.82, 2.24) is 10.3 Å². The average molecular weight is 372 g/mol. The van der Waals surface area contributed by atoms with Gasteiger partial charge >= 0.3 is 6.09 Å². The van der Waals surface area contributed by atoms with Crippen LogP contribution in [0, 0.1) is 0 Å². The lowest BCUT2D eigenvalue weighted by Crippen LogP contribution is -2.32. The minimum absolute atomic E-state index is 0.00423. The Morgan fingerprint density at radius 1 is 1.46 bits per heavy atom. The summed E-state index contributed by atoms with van der Waals surface area (Å²) in [5, 5.41) is 4.77. The van der Waals surface area contributed by atoms with Gasteiger partial charge in [0.1, 0.15) is 22.7 Å². The normalized spacial score (nSPS) is 21.7. The van der Waals surface area contributed by atoms with Gasteiger partial charge < -0.3 is 25.4 Å². The van der Waals surface area contributed by atoms with Crippen molar-refractivity contribution in [3.63, 3.8) is 0 Å². The van der Waals surface area contributed by atoms with E-state index in [1.807, 2.05) is 32.0 Å². The van der Waals surface area contributed by atoms with Gasteiger partial charge in [-0.2, -0.15) is 0 Å². The van der Waals surface area contributed by atoms with Crippen LogP contribution in [0.5, 0.6) is 5.75 Å². The van der Waals surface area contributed by atoms with Crippen LogP contribution in [0.1, 0.15) is 19.4 Å². The molecule has 7 nitrogen and oxygen atoms in total. The van der Waals surface area contributed by atoms with E-state index in [-0.39, 0.29) is 24.3 Å². The van der Waals surface area contributed by atoms with Crippen LogP contribution in [0.25, 0.3) is 10.8 Å². The Hall–Kier alpha value is -2.61. The number of nitrogens with one attached hydrogen (secondary N) is 1. The summed E-state index contributed by atoms with van der Waals surface area (Å²) in [5.41, 5.74) is 6.60. The number of nitrogens with two attached hydrogens (primary N) is 1. The number of amides is 1. The summed E-state index contributed by atoms with van der Waals surface area (Å²) in [6.45, 7) is 5.17. The van der Waals surface area contributed by atoms with Crippen molar-refractivity contribution < 1.29 is 14.3 Å². The maximum Gasteiger partial charge on any atom is 0.407 e. The van der Waals surface area contributed by atoms with Crippen LogP contribution >= 0.6 is 12.2 Å². The van der Waals surface area contributed by atoms with Gasteiger partial charge in [0.05, 0.1) is 24.3 Å². The first-order valence-electron chi connectivity index (χ1n) is 8.53. The molecule has 0 spiro atoms. The number of hydrogen-bond acceptors (Lipinski definition) is 6. The van der Waals surface area contributed by atoms with Gasteiger partial charge in [-0.1, -0.05) is 12.2 Å². The SMILES string of the molecule is CC(C)Oc1cc2c(N3C[C@@H]4OC(=O)N[C@@H]4C3)nccc2cc1C(N)=S. The third-order valence-corrected chi connectivity index (χ3v) is 4.82. The molecular formula is C18H20N4O3S. The van der Waals surface area contributed by atoms with Crippen molar-refractivity contribution in [2.45, 2.75) is 32.1 Å². The third kappa shape index (κ3) is 2.90. The molecule has 26 heavy (non-hydrogen) atoms. The van der Waals surface area contributed by atoms with Crippen LogP contribution in [0.4, 0.5) is 10.6 Å². The van der Waals surface area contributed by atoms with E-state index in [1.165, 1.54) is 0 Å². The van der Waals surface area contributed by atoms with E-state index in [2.05, 4.69) is 15.2 Å². The van der Waals surface area contributed by atoms with Crippen molar-refractivity contribution >= 4 is 39.9 Å². The highest BCUT2D eigenvalue weighted by molar-refractivity contribution is 7.80. The van der Waals surface area contributed by atoms with Crippen molar-refractivity contribution in [3.05, 3.63) is 30.0 Å². The molecule has 0 aliphatic carbocycles. The lowest BCUT2D eigenvalue weighted by atomic mass is 10.1. The van der Waals surface area contributed by atoms with Crippen LogP contribution in [0.2, 0.25) is 0 Å². The number of nitrogens with zero attached hydrogens (tertiary/aromatic N) is 2. The topological polar surface area (TPSA) is 89.7 Å². The fourth-order valence-electron chi connectivity index (χ4n) is 3.51. The Bertz CT molecular complexity index is 885. The monoisotopic (exact) mass is 372 g/mol. The first kappa shape index (κ1) is 16.8. The number of anilines is 1. The van der Waals surface area contributed by atoms with Crippen LogP contribution < -0.4 is 20.7 Å². The number of fused-ring (bicyclic) bond motifs is 2. The molecule has 4 rings (SSSR count). The molecule has 0 radical (unpaired) electrons. The maximum atomic E-state index is 11.4. The summed E-state index contributed by atoms with van der Waals surface area (Å²) >= 11 is 5.19. The van der Waals surface area contributed by atoms with Gasteiger partial charge in [-0.15, -0.1) is 0 Å². The second-order valence-electron chi connectivity index (χ2n) is 6.83. The predicted octanol–water partition coefficient (Wildman–Crippen LogP) is 1.95. The highest BCUT2D eigenvalue weighted by atomic mass is 32.1. The number of alkyl carbamates (subject to hydrolysis) is 1. The highest BCUT2D eigenvalue weighted by Crippen LogP contribution is 2.34. The van der Waals surface area contributed by atoms with E-state index in [0.29, 0.717) is 29.4 Å². The van der Waals surface area contributed by atoms with Crippen molar-refractivity contribution in [3.8, 4) is 5.75 Å². The number of ether oxygens (including phenoxy) is 2. The van der Waals surface area contributed by atoms with E-state index in [1.54, 1.807) is 6.20 Å². The summed E-state index contributed by atoms with van der Waals surface area (Å²) in [7, 11) is 0. The van der Waals surface area contributed by atoms with E-state index < -0.39 is 0 Å². The summed E-state index contributed by atoms with van der Waals surface area (Å²) < 4.78 is 11.2. The number of aromatic nitrogens is 1. The Morgan fingerprint density at radius 2 is 2.27 bits per heavy atom. The van der Waals surface area contributed by atoms with Gasteiger partial charge in [0.15, 0.2) is 0 Å². The zero-order chi connectivity index (χ0) is 18.4. The van der Waals surface area contributed by atoms with Gasteiger partial charge in [0, 0.05) is 18.1 Å². The van der Waals surface area contributed by atoms with Gasteiger partial charge in [-0.25, -0.2) is 9.78 Å². The molecular weight excluding hydrogens is 352 g/mol. The Kier molecular flexibility index (Phi) is 4.07. The molecule has 2 atom stereocenters. The molecule has 2 aliphatic rings. The maximum absolute atomic E-state index is 11.4. The first-order chi connectivity index (χ1) is 12.4. The largest absolute Gasteiger partial charge is 0.490 e. The molecule has 3 heterocycles. The average Bonchev–Trinajstić information content (AvgIpc) is 3.10. The molecule has 1 aromatic carbocycles. The smallest absolute Gasteiger partial charge is 0.407 e. The molecule has 2 saturated heterocycles. The van der Waals surface area contributed by atoms with Gasteiger partial charge in [-0.05, 0) is 37.4 Å². The highest BCUT2D eigenvalue weighted by Gasteiger charge is 2.42. The number of benzene rings is 1. The number of thiocarbonyl (C=S) groups is 1. The molecule has 1 aromatic heterocycles. The van der Waals surface area contributed by atoms with Crippen molar-refractivity contribution in [1.29, 1.82) is 0 Å². The minimum atomic E-state index is -0.348. The Balaban J connectivity index is 1.76. The number of pyridine rings is 1. The summed E-state index contributed by atoms with van der Waals surface area (Å²) in [6.07, 6.45) is 1.26. The molecule has 8 heteroatoms. The Labute approximate surface area is 156 Å². The van der Waals surface area contributed by atoms with Gasteiger partial charge in [-0.3, -0.25) is 0 Å². The molecule has 0 unspecified atom stereocenters. The van der Waals surface area contributed by atoms with Crippen molar-refractivity contribution in [2.75, 3.05) is 18.0 Å². The summed E-state index contributed by atoms with van der Waals surface area (Å²) in [6, 6.07) is 5.80. The van der Waals surface area contributed by atoms with Crippen LogP contribution in [0.3, 0.4) is 0 Å².